The van der Waals surface area contributed by atoms with Crippen LogP contribution in [0.2, 0.25) is 0 Å². The number of nitrogens with one attached hydrogen (secondary N) is 3. The maximum absolute atomic E-state index is 5.68. The second kappa shape index (κ2) is 10.5. The number of pyridine rings is 1. The number of piperazine rings is 1. The van der Waals surface area contributed by atoms with Gasteiger partial charge in [0, 0.05) is 75.7 Å². The first-order valence-electron chi connectivity index (χ1n) is 12.9. The molecule has 3 aromatic rings. The Kier molecular flexibility index (Phi) is 6.78. The molecular weight excluding hydrogens is 452 g/mol. The number of benzene rings is 1. The molecule has 6 aliphatic rings. The molecule has 0 atom stereocenters. The van der Waals surface area contributed by atoms with Crippen molar-refractivity contribution in [2.75, 3.05) is 69.7 Å². The zero-order valence-corrected chi connectivity index (χ0v) is 20.6. The Balaban J connectivity index is 1.22. The Morgan fingerprint density at radius 3 is 2.56 bits per heavy atom. The SMILES string of the molecule is c1cc2cc(c1)Nc1cc(ccn1)-c1cnc(nc1)NCCCNCC1(COC1)N1CCN(CC1)C2. The molecule has 0 amide bonds. The maximum atomic E-state index is 5.68. The number of rotatable bonds is 0. The number of hydrogen-bond acceptors (Lipinski definition) is 9. The van der Waals surface area contributed by atoms with Crippen molar-refractivity contribution in [3.05, 3.63) is 60.6 Å². The van der Waals surface area contributed by atoms with Gasteiger partial charge < -0.3 is 20.7 Å². The van der Waals surface area contributed by atoms with Crippen molar-refractivity contribution >= 4 is 17.5 Å². The molecule has 1 spiro atoms. The van der Waals surface area contributed by atoms with E-state index in [0.29, 0.717) is 5.95 Å². The van der Waals surface area contributed by atoms with E-state index in [-0.39, 0.29) is 5.54 Å². The number of aromatic nitrogens is 3. The van der Waals surface area contributed by atoms with Crippen LogP contribution in [-0.2, 0) is 11.3 Å². The van der Waals surface area contributed by atoms with Gasteiger partial charge >= 0.3 is 0 Å². The lowest BCUT2D eigenvalue weighted by molar-refractivity contribution is -0.148. The molecule has 0 radical (unpaired) electrons. The van der Waals surface area contributed by atoms with Crippen LogP contribution in [0.25, 0.3) is 11.1 Å². The molecule has 0 unspecified atom stereocenters. The van der Waals surface area contributed by atoms with Gasteiger partial charge in [0.25, 0.3) is 0 Å². The fourth-order valence-corrected chi connectivity index (χ4v) is 5.25. The van der Waals surface area contributed by atoms with Gasteiger partial charge in [-0.05, 0) is 48.4 Å². The summed E-state index contributed by atoms with van der Waals surface area (Å²) in [5, 5.41) is 10.5. The smallest absolute Gasteiger partial charge is 0.222 e. The van der Waals surface area contributed by atoms with Crippen LogP contribution in [-0.4, -0.2) is 89.3 Å². The van der Waals surface area contributed by atoms with Crippen LogP contribution in [0.4, 0.5) is 17.5 Å². The van der Waals surface area contributed by atoms with E-state index in [4.69, 9.17) is 4.74 Å². The van der Waals surface area contributed by atoms with Gasteiger partial charge in [-0.2, -0.15) is 0 Å². The summed E-state index contributed by atoms with van der Waals surface area (Å²) in [6, 6.07) is 12.7. The summed E-state index contributed by atoms with van der Waals surface area (Å²) < 4.78 is 5.68. The van der Waals surface area contributed by atoms with Crippen LogP contribution >= 0.6 is 0 Å². The average Bonchev–Trinajstić information content (AvgIpc) is 2.88. The molecule has 3 N–H and O–H groups in total. The Hall–Kier alpha value is -3.11. The average molecular weight is 487 g/mol. The standard InChI is InChI=1S/C27H34N8O/c1-3-21-13-24(4-1)33-25-14-22(5-8-29-25)23-15-31-26(32-16-23)30-7-2-6-28-18-27(19-36-20-27)35-11-9-34(17-21)10-12-35/h1,3-5,8,13-16,28H,2,6-7,9-12,17-20H2,(H,29,33)(H,30,31,32). The Morgan fingerprint density at radius 2 is 1.75 bits per heavy atom. The van der Waals surface area contributed by atoms with Crippen LogP contribution in [0.1, 0.15) is 12.0 Å². The summed E-state index contributed by atoms with van der Waals surface area (Å²) in [5.41, 5.74) is 4.48. The number of anilines is 3. The van der Waals surface area contributed by atoms with Gasteiger partial charge in [-0.3, -0.25) is 9.80 Å². The van der Waals surface area contributed by atoms with E-state index in [1.165, 1.54) is 5.56 Å². The zero-order valence-electron chi connectivity index (χ0n) is 20.6. The van der Waals surface area contributed by atoms with E-state index in [9.17, 15) is 0 Å². The molecule has 0 saturated carbocycles. The highest BCUT2D eigenvalue weighted by Gasteiger charge is 2.44. The van der Waals surface area contributed by atoms with Gasteiger partial charge in [-0.25, -0.2) is 15.0 Å². The Bertz CT molecular complexity index is 1160. The summed E-state index contributed by atoms with van der Waals surface area (Å²) >= 11 is 0. The number of ether oxygens (including phenoxy) is 1. The Morgan fingerprint density at radius 1 is 0.889 bits per heavy atom. The van der Waals surface area contributed by atoms with Gasteiger partial charge in [-0.15, -0.1) is 0 Å². The monoisotopic (exact) mass is 486 g/mol. The van der Waals surface area contributed by atoms with Crippen molar-refractivity contribution < 1.29 is 4.74 Å². The first kappa shape index (κ1) is 23.3. The van der Waals surface area contributed by atoms with Gasteiger partial charge in [0.1, 0.15) is 5.82 Å². The van der Waals surface area contributed by atoms with Crippen molar-refractivity contribution in [1.29, 1.82) is 0 Å². The van der Waals surface area contributed by atoms with Crippen molar-refractivity contribution in [2.24, 2.45) is 0 Å². The summed E-state index contributed by atoms with van der Waals surface area (Å²) in [5.74, 6) is 1.46. The molecule has 9 heteroatoms. The molecule has 9 rings (SSSR count). The molecule has 2 saturated heterocycles. The van der Waals surface area contributed by atoms with Gasteiger partial charge in [-0.1, -0.05) is 12.1 Å². The molecule has 188 valence electrons. The van der Waals surface area contributed by atoms with E-state index in [0.717, 1.165) is 94.6 Å². The highest BCUT2D eigenvalue weighted by molar-refractivity contribution is 5.67. The maximum Gasteiger partial charge on any atom is 0.222 e. The Labute approximate surface area is 212 Å². The largest absolute Gasteiger partial charge is 0.377 e. The second-order valence-corrected chi connectivity index (χ2v) is 9.99. The van der Waals surface area contributed by atoms with Crippen molar-refractivity contribution in [3.8, 4) is 11.1 Å². The van der Waals surface area contributed by atoms with Crippen molar-refractivity contribution in [3.63, 3.8) is 0 Å². The van der Waals surface area contributed by atoms with Crippen LogP contribution < -0.4 is 16.0 Å². The molecule has 8 heterocycles. The lowest BCUT2D eigenvalue weighted by atomic mass is 9.93. The van der Waals surface area contributed by atoms with E-state index in [1.807, 2.05) is 30.7 Å². The first-order valence-corrected chi connectivity index (χ1v) is 12.9. The van der Waals surface area contributed by atoms with Gasteiger partial charge in [0.2, 0.25) is 5.95 Å². The topological polar surface area (TPSA) is 90.5 Å². The quantitative estimate of drug-likeness (QED) is 0.444. The predicted octanol–water partition coefficient (Wildman–Crippen LogP) is 2.57. The lowest BCUT2D eigenvalue weighted by Gasteiger charge is -2.52. The second-order valence-electron chi connectivity index (χ2n) is 9.99. The summed E-state index contributed by atoms with van der Waals surface area (Å²) in [7, 11) is 0. The summed E-state index contributed by atoms with van der Waals surface area (Å²) in [6.45, 7) is 9.65. The normalized spacial score (nSPS) is 23.9. The predicted molar refractivity (Wildman–Crippen MR) is 141 cm³/mol. The number of nitrogens with zero attached hydrogens (tertiary/aromatic N) is 5. The van der Waals surface area contributed by atoms with Crippen molar-refractivity contribution in [2.45, 2.75) is 18.5 Å². The van der Waals surface area contributed by atoms with Crippen molar-refractivity contribution in [1.82, 2.24) is 30.1 Å². The fourth-order valence-electron chi connectivity index (χ4n) is 5.25. The molecule has 2 fully saturated rings. The van der Waals surface area contributed by atoms with Crippen LogP contribution in [0.3, 0.4) is 0 Å². The van der Waals surface area contributed by atoms with E-state index in [2.05, 4.69) is 65.0 Å². The molecule has 8 bridgehead atoms. The third-order valence-electron chi connectivity index (χ3n) is 7.40. The summed E-state index contributed by atoms with van der Waals surface area (Å²) in [6.07, 6.45) is 6.55. The highest BCUT2D eigenvalue weighted by atomic mass is 16.5. The number of hydrogen-bond donors (Lipinski definition) is 3. The minimum absolute atomic E-state index is 0.137. The molecule has 0 aliphatic carbocycles. The first-order chi connectivity index (χ1) is 17.8. The zero-order chi connectivity index (χ0) is 24.2. The van der Waals surface area contributed by atoms with Crippen LogP contribution in [0.5, 0.6) is 0 Å². The van der Waals surface area contributed by atoms with E-state index in [1.54, 1.807) is 0 Å². The van der Waals surface area contributed by atoms with Crippen LogP contribution in [0, 0.1) is 0 Å². The minimum atomic E-state index is 0.137. The third-order valence-corrected chi connectivity index (χ3v) is 7.40. The molecule has 2 aromatic heterocycles. The molecule has 6 aliphatic heterocycles. The lowest BCUT2D eigenvalue weighted by Crippen LogP contribution is -2.69. The molecule has 36 heavy (non-hydrogen) atoms. The molecule has 9 nitrogen and oxygen atoms in total. The minimum Gasteiger partial charge on any atom is -0.377 e. The highest BCUT2D eigenvalue weighted by Crippen LogP contribution is 2.27. The van der Waals surface area contributed by atoms with E-state index >= 15 is 0 Å². The fraction of sp³-hybridized carbons (Fsp3) is 0.444. The molecule has 1 aromatic carbocycles. The summed E-state index contributed by atoms with van der Waals surface area (Å²) in [4.78, 5) is 18.8. The van der Waals surface area contributed by atoms with Gasteiger partial charge in [0.15, 0.2) is 0 Å². The third kappa shape index (κ3) is 5.19. The van der Waals surface area contributed by atoms with Crippen LogP contribution in [0.15, 0.2) is 55.0 Å². The van der Waals surface area contributed by atoms with Gasteiger partial charge in [0.05, 0.1) is 18.8 Å². The molecular formula is C27H34N8O. The van der Waals surface area contributed by atoms with E-state index < -0.39 is 0 Å².